The van der Waals surface area contributed by atoms with Crippen LogP contribution in [-0.4, -0.2) is 30.1 Å². The number of rotatable bonds is 6. The Morgan fingerprint density at radius 2 is 1.75 bits per heavy atom. The standard InChI is InChI=1S/C25H27ClN4O2/c1-16-9-7-8-12-21(16)28-25(32)29-23(27)24(31)30(3)22-14-13-19(26)15-20(22)17(2)18-10-5-4-6-11-18/h4-12,15,23H,2,13-14,27H2,1,3H3,(H2,28,29,32). The highest BCUT2D eigenvalue weighted by molar-refractivity contribution is 6.30. The monoisotopic (exact) mass is 450 g/mol. The summed E-state index contributed by atoms with van der Waals surface area (Å²) in [5, 5.41) is 5.92. The minimum atomic E-state index is -1.22. The third-order valence-electron chi connectivity index (χ3n) is 5.34. The minimum absolute atomic E-state index is 0.440. The molecular weight excluding hydrogens is 424 g/mol. The molecule has 0 aliphatic heterocycles. The molecule has 1 aliphatic rings. The maximum absolute atomic E-state index is 13.0. The van der Waals surface area contributed by atoms with E-state index >= 15 is 0 Å². The van der Waals surface area contributed by atoms with Gasteiger partial charge in [-0.1, -0.05) is 66.7 Å². The Bertz CT molecular complexity index is 1090. The molecule has 6 nitrogen and oxygen atoms in total. The van der Waals surface area contributed by atoms with E-state index in [1.807, 2.05) is 61.5 Å². The maximum atomic E-state index is 13.0. The molecule has 0 bridgehead atoms. The number of para-hydroxylation sites is 1. The first-order valence-electron chi connectivity index (χ1n) is 10.3. The largest absolute Gasteiger partial charge is 0.320 e. The third kappa shape index (κ3) is 5.46. The number of likely N-dealkylation sites (N-methyl/N-ethyl adjacent to an activating group) is 1. The van der Waals surface area contributed by atoms with Gasteiger partial charge in [-0.25, -0.2) is 4.79 Å². The van der Waals surface area contributed by atoms with E-state index in [1.165, 1.54) is 4.90 Å². The first-order chi connectivity index (χ1) is 15.3. The predicted octanol–water partition coefficient (Wildman–Crippen LogP) is 4.74. The number of allylic oxidation sites excluding steroid dienone is 5. The van der Waals surface area contributed by atoms with Crippen LogP contribution in [0.4, 0.5) is 10.5 Å². The molecule has 3 rings (SSSR count). The molecule has 0 radical (unpaired) electrons. The molecule has 0 aromatic heterocycles. The number of anilines is 1. The number of nitrogens with one attached hydrogen (secondary N) is 2. The van der Waals surface area contributed by atoms with E-state index in [1.54, 1.807) is 13.1 Å². The molecule has 3 amide bonds. The van der Waals surface area contributed by atoms with Crippen LogP contribution in [0, 0.1) is 6.92 Å². The zero-order chi connectivity index (χ0) is 23.3. The van der Waals surface area contributed by atoms with Gasteiger partial charge in [0.2, 0.25) is 0 Å². The van der Waals surface area contributed by atoms with E-state index in [2.05, 4.69) is 17.2 Å². The lowest BCUT2D eigenvalue weighted by atomic mass is 9.92. The van der Waals surface area contributed by atoms with Crippen molar-refractivity contribution < 1.29 is 9.59 Å². The Kier molecular flexibility index (Phi) is 7.51. The van der Waals surface area contributed by atoms with Gasteiger partial charge in [-0.05, 0) is 48.6 Å². The quantitative estimate of drug-likeness (QED) is 0.555. The number of benzene rings is 2. The fraction of sp³-hybridized carbons (Fsp3) is 0.200. The van der Waals surface area contributed by atoms with Crippen molar-refractivity contribution in [3.8, 4) is 0 Å². The van der Waals surface area contributed by atoms with Gasteiger partial charge in [-0.3, -0.25) is 4.79 Å². The van der Waals surface area contributed by atoms with Gasteiger partial charge in [0.05, 0.1) is 0 Å². The van der Waals surface area contributed by atoms with Crippen LogP contribution in [0.5, 0.6) is 0 Å². The number of carbonyl (C=O) groups is 2. The smallest absolute Gasteiger partial charge is 0.316 e. The van der Waals surface area contributed by atoms with Gasteiger partial charge >= 0.3 is 6.03 Å². The second-order valence-electron chi connectivity index (χ2n) is 7.58. The topological polar surface area (TPSA) is 87.5 Å². The number of hydrogen-bond acceptors (Lipinski definition) is 3. The van der Waals surface area contributed by atoms with E-state index < -0.39 is 18.1 Å². The molecule has 2 aromatic rings. The molecule has 32 heavy (non-hydrogen) atoms. The van der Waals surface area contributed by atoms with E-state index in [9.17, 15) is 9.59 Å². The molecule has 0 saturated heterocycles. The van der Waals surface area contributed by atoms with Gasteiger partial charge in [-0.15, -0.1) is 0 Å². The van der Waals surface area contributed by atoms with Crippen molar-refractivity contribution in [3.63, 3.8) is 0 Å². The number of hydrogen-bond donors (Lipinski definition) is 3. The maximum Gasteiger partial charge on any atom is 0.320 e. The summed E-state index contributed by atoms with van der Waals surface area (Å²) >= 11 is 6.31. The fourth-order valence-corrected chi connectivity index (χ4v) is 3.71. The van der Waals surface area contributed by atoms with E-state index in [0.717, 1.165) is 28.0 Å². The van der Waals surface area contributed by atoms with E-state index in [4.69, 9.17) is 17.3 Å². The summed E-state index contributed by atoms with van der Waals surface area (Å²) in [5.41, 5.74) is 10.8. The van der Waals surface area contributed by atoms with Crippen LogP contribution in [-0.2, 0) is 4.79 Å². The summed E-state index contributed by atoms with van der Waals surface area (Å²) in [5.74, 6) is -0.440. The molecule has 0 fully saturated rings. The summed E-state index contributed by atoms with van der Waals surface area (Å²) in [6.45, 7) is 6.09. The lowest BCUT2D eigenvalue weighted by molar-refractivity contribution is -0.130. The van der Waals surface area contributed by atoms with E-state index in [0.29, 0.717) is 23.6 Å². The second-order valence-corrected chi connectivity index (χ2v) is 8.07. The summed E-state index contributed by atoms with van der Waals surface area (Å²) in [7, 11) is 1.64. The van der Waals surface area contributed by atoms with Crippen molar-refractivity contribution in [3.05, 3.63) is 94.7 Å². The molecule has 1 unspecified atom stereocenters. The number of nitrogens with two attached hydrogens (primary N) is 1. The van der Waals surface area contributed by atoms with Crippen LogP contribution in [0.1, 0.15) is 24.0 Å². The summed E-state index contributed by atoms with van der Waals surface area (Å²) in [4.78, 5) is 26.9. The Labute approximate surface area is 193 Å². The van der Waals surface area contributed by atoms with Crippen molar-refractivity contribution in [1.29, 1.82) is 0 Å². The van der Waals surface area contributed by atoms with Crippen LogP contribution in [0.2, 0.25) is 0 Å². The highest BCUT2D eigenvalue weighted by atomic mass is 35.5. The second kappa shape index (κ2) is 10.3. The van der Waals surface area contributed by atoms with Gasteiger partial charge in [-0.2, -0.15) is 0 Å². The molecule has 1 atom stereocenters. The lowest BCUT2D eigenvalue weighted by Crippen LogP contribution is -2.53. The molecular formula is C25H27ClN4O2. The summed E-state index contributed by atoms with van der Waals surface area (Å²) < 4.78 is 0. The number of urea groups is 1. The normalized spacial score (nSPS) is 14.3. The number of aryl methyl sites for hydroxylation is 1. The SMILES string of the molecule is C=C(C1=C(N(C)C(=O)C(N)NC(=O)Nc2ccccc2C)CCC(Cl)=C1)c1ccccc1. The van der Waals surface area contributed by atoms with Crippen molar-refractivity contribution in [2.75, 3.05) is 12.4 Å². The van der Waals surface area contributed by atoms with Gasteiger partial charge < -0.3 is 21.3 Å². The predicted molar refractivity (Wildman–Crippen MR) is 130 cm³/mol. The fourth-order valence-electron chi connectivity index (χ4n) is 3.51. The first-order valence-corrected chi connectivity index (χ1v) is 10.7. The Balaban J connectivity index is 1.76. The van der Waals surface area contributed by atoms with Gasteiger partial charge in [0.1, 0.15) is 0 Å². The minimum Gasteiger partial charge on any atom is -0.316 e. The molecule has 1 aliphatic carbocycles. The number of carbonyl (C=O) groups excluding carboxylic acids is 2. The molecule has 0 saturated carbocycles. The number of amides is 3. The van der Waals surface area contributed by atoms with Gasteiger partial charge in [0.15, 0.2) is 6.17 Å². The first kappa shape index (κ1) is 23.3. The average molecular weight is 451 g/mol. The van der Waals surface area contributed by atoms with Gasteiger partial charge in [0, 0.05) is 29.0 Å². The van der Waals surface area contributed by atoms with Crippen molar-refractivity contribution in [2.24, 2.45) is 5.73 Å². The molecule has 7 heteroatoms. The number of nitrogens with zero attached hydrogens (tertiary/aromatic N) is 1. The molecule has 4 N–H and O–H groups in total. The van der Waals surface area contributed by atoms with Crippen molar-refractivity contribution in [1.82, 2.24) is 10.2 Å². The summed E-state index contributed by atoms with van der Waals surface area (Å²) in [6, 6.07) is 16.5. The molecule has 2 aromatic carbocycles. The van der Waals surface area contributed by atoms with Crippen molar-refractivity contribution in [2.45, 2.75) is 25.9 Å². The van der Waals surface area contributed by atoms with Crippen LogP contribution in [0.3, 0.4) is 0 Å². The van der Waals surface area contributed by atoms with E-state index in [-0.39, 0.29) is 0 Å². The molecule has 0 heterocycles. The van der Waals surface area contributed by atoms with Crippen LogP contribution in [0.25, 0.3) is 5.57 Å². The zero-order valence-corrected chi connectivity index (χ0v) is 18.9. The molecule has 0 spiro atoms. The lowest BCUT2D eigenvalue weighted by Gasteiger charge is -2.29. The average Bonchev–Trinajstić information content (AvgIpc) is 2.79. The third-order valence-corrected chi connectivity index (χ3v) is 5.64. The Morgan fingerprint density at radius 3 is 2.44 bits per heavy atom. The van der Waals surface area contributed by atoms with Crippen LogP contribution >= 0.6 is 11.6 Å². The molecule has 166 valence electrons. The zero-order valence-electron chi connectivity index (χ0n) is 18.2. The Hall–Kier alpha value is -3.35. The van der Waals surface area contributed by atoms with Crippen LogP contribution < -0.4 is 16.4 Å². The summed E-state index contributed by atoms with van der Waals surface area (Å²) in [6.07, 6.45) is 1.78. The van der Waals surface area contributed by atoms with Gasteiger partial charge in [0.25, 0.3) is 5.91 Å². The highest BCUT2D eigenvalue weighted by Crippen LogP contribution is 2.35. The highest BCUT2D eigenvalue weighted by Gasteiger charge is 2.26. The van der Waals surface area contributed by atoms with Crippen LogP contribution in [0.15, 0.2) is 83.6 Å². The number of halogens is 1. The van der Waals surface area contributed by atoms with Crippen molar-refractivity contribution >= 4 is 34.8 Å². The Morgan fingerprint density at radius 1 is 1.09 bits per heavy atom.